The van der Waals surface area contributed by atoms with Crippen molar-refractivity contribution in [3.63, 3.8) is 0 Å². The topological polar surface area (TPSA) is 10.9 Å². The van der Waals surface area contributed by atoms with E-state index in [0.29, 0.717) is 11.8 Å². The van der Waals surface area contributed by atoms with Crippen LogP contribution in [0.4, 0.5) is 34.1 Å². The molecule has 2 aliphatic carbocycles. The first kappa shape index (κ1) is 47.3. The van der Waals surface area contributed by atoms with Crippen LogP contribution in [0.25, 0.3) is 80.2 Å². The normalized spacial score (nSPS) is 14.8. The van der Waals surface area contributed by atoms with Gasteiger partial charge in [-0.05, 0) is 183 Å². The van der Waals surface area contributed by atoms with Gasteiger partial charge in [0.1, 0.15) is 0 Å². The molecule has 4 heteroatoms. The summed E-state index contributed by atoms with van der Waals surface area (Å²) in [6.07, 6.45) is 13.1. The Labute approximate surface area is 462 Å². The van der Waals surface area contributed by atoms with Gasteiger partial charge in [-0.2, -0.15) is 0 Å². The summed E-state index contributed by atoms with van der Waals surface area (Å²) in [6.45, 7) is 8.97. The summed E-state index contributed by atoms with van der Waals surface area (Å²) in [4.78, 5) is 5.10. The Morgan fingerprint density at radius 1 is 0.385 bits per heavy atom. The SMILES string of the molecule is Cc1ccc(N(c2cccc(C3CCCCC3)c2)c2ccc3c(c2)sc2cc4c(ccc5c6ccc(N(c7cccc(C8CCCCC8)c7)c7ccc(C)cc7C)c7c8cc(-c9ccccc9)ccc8n(c45)c67)cc23)c(C)c1. The smallest absolute Gasteiger partial charge is 0.0641 e. The summed E-state index contributed by atoms with van der Waals surface area (Å²) in [6, 6.07) is 72.9. The first-order valence-electron chi connectivity index (χ1n) is 28.9. The van der Waals surface area contributed by atoms with Crippen LogP contribution in [-0.4, -0.2) is 4.40 Å². The predicted octanol–water partition coefficient (Wildman–Crippen LogP) is 22.3. The maximum Gasteiger partial charge on any atom is 0.0641 e. The highest BCUT2D eigenvalue weighted by Gasteiger charge is 2.28. The minimum atomic E-state index is 0.600. The number of anilines is 6. The van der Waals surface area contributed by atoms with Gasteiger partial charge >= 0.3 is 0 Å². The molecule has 13 aromatic rings. The van der Waals surface area contributed by atoms with E-state index >= 15 is 0 Å². The van der Waals surface area contributed by atoms with Gasteiger partial charge in [-0.1, -0.05) is 159 Å². The van der Waals surface area contributed by atoms with Crippen LogP contribution in [0.15, 0.2) is 188 Å². The minimum absolute atomic E-state index is 0.600. The van der Waals surface area contributed by atoms with Gasteiger partial charge < -0.3 is 14.2 Å². The zero-order valence-electron chi connectivity index (χ0n) is 45.4. The van der Waals surface area contributed by atoms with Crippen LogP contribution >= 0.6 is 11.3 Å². The molecule has 0 N–H and O–H groups in total. The molecule has 2 saturated carbocycles. The molecule has 2 aliphatic rings. The van der Waals surface area contributed by atoms with Gasteiger partial charge in [0, 0.05) is 75.5 Å². The zero-order valence-corrected chi connectivity index (χ0v) is 46.2. The minimum Gasteiger partial charge on any atom is -0.310 e. The summed E-state index contributed by atoms with van der Waals surface area (Å²) in [5.74, 6) is 1.23. The Morgan fingerprint density at radius 2 is 0.974 bits per heavy atom. The number of benzene rings is 10. The van der Waals surface area contributed by atoms with Crippen molar-refractivity contribution < 1.29 is 0 Å². The Morgan fingerprint density at radius 3 is 1.65 bits per heavy atom. The standard InChI is InChI=1S/C74H65N3S/c1-46-26-34-66(48(3)38-46)75(57-24-14-22-53(40-57)50-16-8-5-9-17-50)59-30-32-60-64-43-56-28-31-61-62-33-37-69(76(67-35-27-47(2)39-49(67)4)58-25-15-23-54(41-58)51-18-10-6-11-19-51)72-65-42-55(52-20-12-7-13-21-52)29-36-68(65)77(74(62)72)73(61)63(56)45-71(64)78-70(60)44-59/h7,12-15,20-45,50-51H,5-6,8-11,16-19H2,1-4H3. The maximum absolute atomic E-state index is 2.63. The lowest BCUT2D eigenvalue weighted by atomic mass is 9.84. The van der Waals surface area contributed by atoms with Crippen molar-refractivity contribution in [3.8, 4) is 11.1 Å². The van der Waals surface area contributed by atoms with Gasteiger partial charge in [-0.25, -0.2) is 0 Å². The maximum atomic E-state index is 2.63. The van der Waals surface area contributed by atoms with Crippen LogP contribution in [0, 0.1) is 27.7 Å². The van der Waals surface area contributed by atoms with Crippen molar-refractivity contribution >= 4 is 115 Å². The quantitative estimate of drug-likeness (QED) is 0.143. The van der Waals surface area contributed by atoms with E-state index in [1.54, 1.807) is 0 Å². The number of aryl methyl sites for hydroxylation is 4. The second kappa shape index (κ2) is 18.9. The first-order valence-corrected chi connectivity index (χ1v) is 29.7. The summed E-state index contributed by atoms with van der Waals surface area (Å²) in [5.41, 5.74) is 21.7. The fourth-order valence-corrected chi connectivity index (χ4v) is 15.6. The third kappa shape index (κ3) is 7.81. The van der Waals surface area contributed by atoms with Crippen molar-refractivity contribution in [2.24, 2.45) is 0 Å². The lowest BCUT2D eigenvalue weighted by Gasteiger charge is -2.30. The molecule has 382 valence electrons. The lowest BCUT2D eigenvalue weighted by Crippen LogP contribution is -2.13. The van der Waals surface area contributed by atoms with Crippen molar-refractivity contribution in [1.29, 1.82) is 0 Å². The molecule has 0 atom stereocenters. The number of thiophene rings is 1. The van der Waals surface area contributed by atoms with Crippen LogP contribution in [0.2, 0.25) is 0 Å². The highest BCUT2D eigenvalue weighted by molar-refractivity contribution is 7.26. The number of fused-ring (bicyclic) bond motifs is 11. The third-order valence-electron chi connectivity index (χ3n) is 18.2. The van der Waals surface area contributed by atoms with E-state index in [1.807, 2.05) is 11.3 Å². The highest BCUT2D eigenvalue weighted by atomic mass is 32.1. The molecule has 0 amide bonds. The average molecular weight is 1030 g/mol. The van der Waals surface area contributed by atoms with Crippen LogP contribution in [0.5, 0.6) is 0 Å². The second-order valence-electron chi connectivity index (χ2n) is 23.2. The molecule has 15 rings (SSSR count). The van der Waals surface area contributed by atoms with E-state index in [1.165, 1.54) is 212 Å². The van der Waals surface area contributed by atoms with Gasteiger partial charge in [0.15, 0.2) is 0 Å². The Bertz CT molecular complexity index is 4470. The first-order chi connectivity index (χ1) is 38.3. The van der Waals surface area contributed by atoms with E-state index in [0.717, 1.165) is 0 Å². The molecule has 0 saturated heterocycles. The van der Waals surface area contributed by atoms with Crippen molar-refractivity contribution in [3.05, 3.63) is 221 Å². The molecule has 78 heavy (non-hydrogen) atoms. The van der Waals surface area contributed by atoms with Crippen molar-refractivity contribution in [2.75, 3.05) is 9.80 Å². The van der Waals surface area contributed by atoms with E-state index in [4.69, 9.17) is 0 Å². The second-order valence-corrected chi connectivity index (χ2v) is 24.3. The zero-order chi connectivity index (χ0) is 52.2. The highest BCUT2D eigenvalue weighted by Crippen LogP contribution is 2.51. The molecular weight excluding hydrogens is 963 g/mol. The van der Waals surface area contributed by atoms with Crippen molar-refractivity contribution in [2.45, 2.75) is 104 Å². The molecule has 3 heterocycles. The van der Waals surface area contributed by atoms with Crippen LogP contribution in [0.1, 0.15) is 109 Å². The molecule has 0 unspecified atom stereocenters. The fourth-order valence-electron chi connectivity index (χ4n) is 14.4. The molecule has 0 aliphatic heterocycles. The molecule has 0 radical (unpaired) electrons. The largest absolute Gasteiger partial charge is 0.310 e. The van der Waals surface area contributed by atoms with Crippen LogP contribution < -0.4 is 9.80 Å². The number of rotatable bonds is 9. The molecule has 0 spiro atoms. The number of hydrogen-bond acceptors (Lipinski definition) is 3. The summed E-state index contributed by atoms with van der Waals surface area (Å²) >= 11 is 1.93. The molecule has 10 aromatic carbocycles. The number of aromatic nitrogens is 1. The molecule has 0 bridgehead atoms. The fraction of sp³-hybridized carbons (Fsp3) is 0.216. The molecule has 3 nitrogen and oxygen atoms in total. The Balaban J connectivity index is 0.946. The van der Waals surface area contributed by atoms with E-state index in [9.17, 15) is 0 Å². The molecule has 2 fully saturated rings. The third-order valence-corrected chi connectivity index (χ3v) is 19.3. The van der Waals surface area contributed by atoms with Crippen LogP contribution in [0.3, 0.4) is 0 Å². The van der Waals surface area contributed by atoms with Gasteiger partial charge in [0.2, 0.25) is 0 Å². The molecule has 3 aromatic heterocycles. The lowest BCUT2D eigenvalue weighted by molar-refractivity contribution is 0.443. The van der Waals surface area contributed by atoms with Gasteiger partial charge in [0.05, 0.1) is 22.2 Å². The number of hydrogen-bond donors (Lipinski definition) is 0. The van der Waals surface area contributed by atoms with Gasteiger partial charge in [-0.3, -0.25) is 0 Å². The Kier molecular flexibility index (Phi) is 11.5. The van der Waals surface area contributed by atoms with Gasteiger partial charge in [-0.15, -0.1) is 11.3 Å². The average Bonchev–Trinajstić information content (AvgIpc) is 3.36. The summed E-state index contributed by atoms with van der Waals surface area (Å²) < 4.78 is 5.26. The van der Waals surface area contributed by atoms with Gasteiger partial charge in [0.25, 0.3) is 0 Å². The monoisotopic (exact) mass is 1030 g/mol. The van der Waals surface area contributed by atoms with E-state index < -0.39 is 0 Å². The number of nitrogens with zero attached hydrogens (tertiary/aromatic N) is 3. The Hall–Kier alpha value is -7.92. The molecular formula is C74H65N3S. The van der Waals surface area contributed by atoms with E-state index in [-0.39, 0.29) is 0 Å². The summed E-state index contributed by atoms with van der Waals surface area (Å²) in [5, 5.41) is 10.3. The summed E-state index contributed by atoms with van der Waals surface area (Å²) in [7, 11) is 0. The van der Waals surface area contributed by atoms with Crippen LogP contribution in [-0.2, 0) is 0 Å². The van der Waals surface area contributed by atoms with E-state index in [2.05, 4.69) is 230 Å². The predicted molar refractivity (Wildman–Crippen MR) is 337 cm³/mol. The van der Waals surface area contributed by atoms with Crippen molar-refractivity contribution in [1.82, 2.24) is 4.40 Å².